The molecule has 10 heteroatoms. The van der Waals surface area contributed by atoms with E-state index >= 15 is 0 Å². The van der Waals surface area contributed by atoms with Gasteiger partial charge in [-0.1, -0.05) is 11.6 Å². The third-order valence-corrected chi connectivity index (χ3v) is 6.77. The Hall–Kier alpha value is -3.40. The van der Waals surface area contributed by atoms with Crippen molar-refractivity contribution in [2.24, 2.45) is 5.92 Å². The van der Waals surface area contributed by atoms with Crippen LogP contribution < -0.4 is 10.2 Å². The number of rotatable bonds is 4. The van der Waals surface area contributed by atoms with Gasteiger partial charge in [0.05, 0.1) is 36.0 Å². The van der Waals surface area contributed by atoms with Gasteiger partial charge in [-0.2, -0.15) is 5.10 Å². The molecule has 0 spiro atoms. The van der Waals surface area contributed by atoms with E-state index in [1.54, 1.807) is 23.3 Å². The van der Waals surface area contributed by atoms with Gasteiger partial charge >= 0.3 is 0 Å². The Kier molecular flexibility index (Phi) is 4.37. The Bertz CT molecular complexity index is 1180. The van der Waals surface area contributed by atoms with Crippen LogP contribution in [-0.2, 0) is 0 Å². The van der Waals surface area contributed by atoms with E-state index in [2.05, 4.69) is 53.0 Å². The highest BCUT2D eigenvalue weighted by Gasteiger charge is 2.36. The van der Waals surface area contributed by atoms with Crippen LogP contribution in [0.2, 0.25) is 0 Å². The second kappa shape index (κ2) is 7.38. The number of hydrogen-bond acceptors (Lipinski definition) is 8. The third-order valence-electron chi connectivity index (χ3n) is 6.77. The summed E-state index contributed by atoms with van der Waals surface area (Å²) in [5.41, 5.74) is 3.40. The van der Waals surface area contributed by atoms with Crippen molar-refractivity contribution < 1.29 is 0 Å². The van der Waals surface area contributed by atoms with E-state index in [0.29, 0.717) is 23.9 Å². The molecule has 7 rings (SSSR count). The van der Waals surface area contributed by atoms with Crippen LogP contribution in [0, 0.1) is 5.92 Å². The van der Waals surface area contributed by atoms with Crippen molar-refractivity contribution in [1.29, 1.82) is 0 Å². The zero-order valence-electron chi connectivity index (χ0n) is 17.3. The van der Waals surface area contributed by atoms with Crippen LogP contribution in [0.25, 0.3) is 27.8 Å². The third kappa shape index (κ3) is 3.14. The number of nitrogens with one attached hydrogen (secondary N) is 2. The lowest BCUT2D eigenvalue weighted by Gasteiger charge is -2.39. The van der Waals surface area contributed by atoms with Gasteiger partial charge < -0.3 is 10.2 Å². The van der Waals surface area contributed by atoms with Gasteiger partial charge in [-0.15, -0.1) is 15.3 Å². The first-order valence-electron chi connectivity index (χ1n) is 10.8. The first kappa shape index (κ1) is 18.4. The number of nitrogens with zero attached hydrogens (tertiary/aromatic N) is 8. The van der Waals surface area contributed by atoms with Crippen molar-refractivity contribution in [2.45, 2.75) is 37.8 Å². The minimum Gasteiger partial charge on any atom is -0.339 e. The maximum atomic E-state index is 4.68. The summed E-state index contributed by atoms with van der Waals surface area (Å²) in [6, 6.07) is 5.04. The number of aromatic nitrogens is 8. The Morgan fingerprint density at radius 1 is 1.16 bits per heavy atom. The minimum absolute atomic E-state index is 0.462. The average Bonchev–Trinajstić information content (AvgIpc) is 3.43. The molecule has 2 saturated heterocycles. The maximum Gasteiger partial charge on any atom is 0.245 e. The summed E-state index contributed by atoms with van der Waals surface area (Å²) in [5.74, 6) is 1.32. The quantitative estimate of drug-likeness (QED) is 0.519. The summed E-state index contributed by atoms with van der Waals surface area (Å²) >= 11 is 0. The molecule has 1 aliphatic carbocycles. The molecule has 158 valence electrons. The summed E-state index contributed by atoms with van der Waals surface area (Å²) in [5, 5.41) is 28.9. The zero-order chi connectivity index (χ0) is 20.8. The largest absolute Gasteiger partial charge is 0.339 e. The molecule has 2 N–H and O–H groups in total. The first-order valence-corrected chi connectivity index (χ1v) is 10.8. The predicted molar refractivity (Wildman–Crippen MR) is 116 cm³/mol. The van der Waals surface area contributed by atoms with Crippen molar-refractivity contribution in [1.82, 2.24) is 45.7 Å². The van der Waals surface area contributed by atoms with Gasteiger partial charge in [0.2, 0.25) is 5.95 Å². The van der Waals surface area contributed by atoms with Gasteiger partial charge in [0.25, 0.3) is 0 Å². The lowest BCUT2D eigenvalue weighted by Crippen LogP contribution is -2.51. The monoisotopic (exact) mass is 416 g/mol. The predicted octanol–water partition coefficient (Wildman–Crippen LogP) is 1.96. The molecule has 0 radical (unpaired) electrons. The van der Waals surface area contributed by atoms with E-state index < -0.39 is 0 Å². The first-order chi connectivity index (χ1) is 15.3. The normalized spacial score (nSPS) is 23.2. The molecule has 10 nitrogen and oxygen atoms in total. The van der Waals surface area contributed by atoms with Crippen LogP contribution in [0.15, 0.2) is 36.9 Å². The Labute approximate surface area is 179 Å². The van der Waals surface area contributed by atoms with Gasteiger partial charge in [0, 0.05) is 36.6 Å². The van der Waals surface area contributed by atoms with Crippen LogP contribution in [0.1, 0.15) is 25.7 Å². The highest BCUT2D eigenvalue weighted by atomic mass is 15.4. The molecule has 3 atom stereocenters. The van der Waals surface area contributed by atoms with E-state index in [-0.39, 0.29) is 0 Å². The summed E-state index contributed by atoms with van der Waals surface area (Å²) in [6.07, 6.45) is 12.0. The molecule has 2 aliphatic heterocycles. The van der Waals surface area contributed by atoms with Crippen molar-refractivity contribution in [2.75, 3.05) is 18.5 Å². The fourth-order valence-electron chi connectivity index (χ4n) is 5.11. The number of fused-ring (bicyclic) bond motifs is 5. The number of anilines is 1. The Balaban J connectivity index is 1.30. The molecule has 4 aromatic rings. The van der Waals surface area contributed by atoms with Crippen molar-refractivity contribution in [3.8, 4) is 16.9 Å². The van der Waals surface area contributed by atoms with Crippen LogP contribution in [-0.4, -0.2) is 66.0 Å². The highest BCUT2D eigenvalue weighted by molar-refractivity contribution is 5.97. The summed E-state index contributed by atoms with van der Waals surface area (Å²) in [7, 11) is 2.10. The van der Waals surface area contributed by atoms with Crippen LogP contribution in [0.4, 0.5) is 5.95 Å². The van der Waals surface area contributed by atoms with Gasteiger partial charge in [-0.05, 0) is 37.3 Å². The molecular weight excluding hydrogens is 392 g/mol. The van der Waals surface area contributed by atoms with Crippen LogP contribution in [0.5, 0.6) is 0 Å². The number of hydrogen-bond donors (Lipinski definition) is 2. The molecule has 3 aliphatic rings. The van der Waals surface area contributed by atoms with E-state index in [0.717, 1.165) is 40.8 Å². The summed E-state index contributed by atoms with van der Waals surface area (Å²) in [6.45, 7) is 1.09. The second-order valence-corrected chi connectivity index (χ2v) is 8.49. The minimum atomic E-state index is 0.462. The van der Waals surface area contributed by atoms with E-state index in [1.165, 1.54) is 19.3 Å². The maximum absolute atomic E-state index is 4.68. The number of H-pyrrole nitrogens is 1. The van der Waals surface area contributed by atoms with E-state index in [4.69, 9.17) is 0 Å². The number of aromatic amines is 1. The van der Waals surface area contributed by atoms with Crippen molar-refractivity contribution >= 4 is 16.9 Å². The zero-order valence-corrected chi connectivity index (χ0v) is 17.3. The number of piperidine rings is 1. The molecule has 5 heterocycles. The highest BCUT2D eigenvalue weighted by Crippen LogP contribution is 2.33. The Morgan fingerprint density at radius 2 is 2.13 bits per heavy atom. The molecule has 31 heavy (non-hydrogen) atoms. The van der Waals surface area contributed by atoms with Gasteiger partial charge in [0.15, 0.2) is 0 Å². The SMILES string of the molecule is CN(c1ncc(-c2ccc(-n3ccnn3)c3[nH]ncc23)nn1)[C@H]1C[C@H]2CCC[C@@H]1CN2. The fraction of sp³-hybridized carbons (Fsp3) is 0.429. The van der Waals surface area contributed by atoms with Gasteiger partial charge in [-0.3, -0.25) is 5.10 Å². The van der Waals surface area contributed by atoms with Crippen LogP contribution >= 0.6 is 0 Å². The topological polar surface area (TPSA) is 113 Å². The summed E-state index contributed by atoms with van der Waals surface area (Å²) < 4.78 is 1.71. The standard InChI is InChI=1S/C21H24N10/c1-30(19-9-14-4-2-3-13(19)10-22-14)21-23-12-17(26-28-21)15-5-6-18(31-8-7-24-29-31)20-16(15)11-25-27-20/h5-8,11-14,19,22H,2-4,9-10H2,1H3,(H,25,27)/t13-,14-,19+/m1/s1. The average molecular weight is 416 g/mol. The van der Waals surface area contributed by atoms with Gasteiger partial charge in [-0.25, -0.2) is 9.67 Å². The van der Waals surface area contributed by atoms with Gasteiger partial charge in [0.1, 0.15) is 5.69 Å². The van der Waals surface area contributed by atoms with E-state index in [1.807, 2.05) is 18.3 Å². The molecule has 0 amide bonds. The fourth-order valence-corrected chi connectivity index (χ4v) is 5.11. The Morgan fingerprint density at radius 3 is 2.97 bits per heavy atom. The van der Waals surface area contributed by atoms with Crippen LogP contribution in [0.3, 0.4) is 0 Å². The molecule has 1 saturated carbocycles. The summed E-state index contributed by atoms with van der Waals surface area (Å²) in [4.78, 5) is 6.91. The van der Waals surface area contributed by atoms with Crippen molar-refractivity contribution in [3.05, 3.63) is 36.9 Å². The molecule has 0 unspecified atom stereocenters. The van der Waals surface area contributed by atoms with Crippen molar-refractivity contribution in [3.63, 3.8) is 0 Å². The molecule has 1 aromatic carbocycles. The smallest absolute Gasteiger partial charge is 0.245 e. The second-order valence-electron chi connectivity index (χ2n) is 8.49. The molecular formula is C21H24N10. The molecule has 3 aromatic heterocycles. The lowest BCUT2D eigenvalue weighted by atomic mass is 9.89. The van der Waals surface area contributed by atoms with E-state index in [9.17, 15) is 0 Å². The molecule has 3 fully saturated rings. The number of benzene rings is 1. The lowest BCUT2D eigenvalue weighted by molar-refractivity contribution is 0.287. The molecule has 2 bridgehead atoms.